The zero-order chi connectivity index (χ0) is 12.1. The van der Waals surface area contributed by atoms with Crippen molar-refractivity contribution in [3.05, 3.63) is 54.4 Å². The largest absolute Gasteiger partial charge is 0.456 e. The van der Waals surface area contributed by atoms with Crippen molar-refractivity contribution in [1.82, 2.24) is 4.98 Å². The third-order valence-corrected chi connectivity index (χ3v) is 2.93. The maximum absolute atomic E-state index is 5.68. The van der Waals surface area contributed by atoms with Crippen LogP contribution in [0.15, 0.2) is 48.8 Å². The van der Waals surface area contributed by atoms with Crippen molar-refractivity contribution in [2.45, 2.75) is 26.2 Å². The molecule has 0 fully saturated rings. The predicted molar refractivity (Wildman–Crippen MR) is 69.5 cm³/mol. The van der Waals surface area contributed by atoms with E-state index < -0.39 is 0 Å². The van der Waals surface area contributed by atoms with Crippen molar-refractivity contribution in [2.24, 2.45) is 0 Å². The van der Waals surface area contributed by atoms with Crippen LogP contribution in [0.25, 0.3) is 0 Å². The van der Waals surface area contributed by atoms with Gasteiger partial charge in [-0.05, 0) is 42.2 Å². The van der Waals surface area contributed by atoms with Gasteiger partial charge >= 0.3 is 0 Å². The Balaban J connectivity index is 2.08. The highest BCUT2D eigenvalue weighted by atomic mass is 16.5. The molecule has 88 valence electrons. The second kappa shape index (κ2) is 5.48. The number of benzene rings is 1. The molecular weight excluding hydrogens is 210 g/mol. The van der Waals surface area contributed by atoms with E-state index in [2.05, 4.69) is 31.0 Å². The van der Waals surface area contributed by atoms with Crippen LogP contribution in [0.5, 0.6) is 11.5 Å². The number of hydrogen-bond donors (Lipinski definition) is 0. The first-order chi connectivity index (χ1) is 8.29. The molecule has 1 heterocycles. The van der Waals surface area contributed by atoms with Crippen LogP contribution < -0.4 is 4.74 Å². The van der Waals surface area contributed by atoms with Gasteiger partial charge in [-0.2, -0.15) is 0 Å². The lowest BCUT2D eigenvalue weighted by molar-refractivity contribution is 0.480. The molecule has 0 spiro atoms. The third kappa shape index (κ3) is 3.06. The Bertz CT molecular complexity index is 450. The number of nitrogens with zero attached hydrogens (tertiary/aromatic N) is 1. The van der Waals surface area contributed by atoms with Crippen LogP contribution >= 0.6 is 0 Å². The maximum atomic E-state index is 5.68. The summed E-state index contributed by atoms with van der Waals surface area (Å²) < 4.78 is 5.68. The molecule has 2 heteroatoms. The highest BCUT2D eigenvalue weighted by Gasteiger charge is 2.03. The van der Waals surface area contributed by atoms with E-state index in [1.54, 1.807) is 12.4 Å². The van der Waals surface area contributed by atoms with Gasteiger partial charge in [0.25, 0.3) is 0 Å². The molecule has 0 aliphatic heterocycles. The lowest BCUT2D eigenvalue weighted by Crippen LogP contribution is -1.91. The zero-order valence-electron chi connectivity index (χ0n) is 10.3. The van der Waals surface area contributed by atoms with Gasteiger partial charge in [-0.3, -0.25) is 4.98 Å². The van der Waals surface area contributed by atoms with E-state index in [4.69, 9.17) is 4.74 Å². The molecule has 0 radical (unpaired) electrons. The number of hydrogen-bond acceptors (Lipinski definition) is 2. The molecule has 0 N–H and O–H groups in total. The van der Waals surface area contributed by atoms with Crippen LogP contribution in [0.3, 0.4) is 0 Å². The van der Waals surface area contributed by atoms with Crippen molar-refractivity contribution in [2.75, 3.05) is 0 Å². The Morgan fingerprint density at radius 2 is 1.88 bits per heavy atom. The SMILES string of the molecule is CCC(C)c1ccc(Oc2cccnc2)cc1. The second-order valence-electron chi connectivity index (χ2n) is 4.17. The maximum Gasteiger partial charge on any atom is 0.145 e. The Morgan fingerprint density at radius 1 is 1.12 bits per heavy atom. The van der Waals surface area contributed by atoms with E-state index >= 15 is 0 Å². The summed E-state index contributed by atoms with van der Waals surface area (Å²) in [7, 11) is 0. The van der Waals surface area contributed by atoms with Gasteiger partial charge in [-0.1, -0.05) is 26.0 Å². The summed E-state index contributed by atoms with van der Waals surface area (Å²) >= 11 is 0. The van der Waals surface area contributed by atoms with Crippen LogP contribution in [0.1, 0.15) is 31.7 Å². The number of ether oxygens (including phenoxy) is 1. The Labute approximate surface area is 102 Å². The highest BCUT2D eigenvalue weighted by molar-refractivity contribution is 5.32. The first-order valence-corrected chi connectivity index (χ1v) is 5.97. The van der Waals surface area contributed by atoms with Crippen LogP contribution in [0.4, 0.5) is 0 Å². The lowest BCUT2D eigenvalue weighted by atomic mass is 9.99. The van der Waals surface area contributed by atoms with Crippen molar-refractivity contribution in [3.8, 4) is 11.5 Å². The fourth-order valence-electron chi connectivity index (χ4n) is 1.64. The molecule has 0 amide bonds. The van der Waals surface area contributed by atoms with Gasteiger partial charge in [0.05, 0.1) is 6.20 Å². The molecule has 0 saturated heterocycles. The Kier molecular flexibility index (Phi) is 3.76. The molecule has 0 bridgehead atoms. The molecule has 1 unspecified atom stereocenters. The quantitative estimate of drug-likeness (QED) is 0.773. The monoisotopic (exact) mass is 227 g/mol. The molecule has 17 heavy (non-hydrogen) atoms. The first-order valence-electron chi connectivity index (χ1n) is 5.97. The molecule has 1 aromatic heterocycles. The molecule has 1 atom stereocenters. The van der Waals surface area contributed by atoms with Crippen molar-refractivity contribution < 1.29 is 4.74 Å². The van der Waals surface area contributed by atoms with Crippen molar-refractivity contribution >= 4 is 0 Å². The lowest BCUT2D eigenvalue weighted by Gasteiger charge is -2.10. The molecule has 0 aliphatic carbocycles. The molecule has 1 aromatic carbocycles. The first kappa shape index (κ1) is 11.6. The minimum Gasteiger partial charge on any atom is -0.456 e. The van der Waals surface area contributed by atoms with Crippen LogP contribution in [-0.2, 0) is 0 Å². The normalized spacial score (nSPS) is 12.1. The summed E-state index contributed by atoms with van der Waals surface area (Å²) in [6, 6.07) is 12.0. The van der Waals surface area contributed by atoms with Crippen molar-refractivity contribution in [3.63, 3.8) is 0 Å². The standard InChI is InChI=1S/C15H17NO/c1-3-12(2)13-6-8-14(9-7-13)17-15-5-4-10-16-11-15/h4-12H,3H2,1-2H3. The van der Waals surface area contributed by atoms with Crippen LogP contribution in [0, 0.1) is 0 Å². The third-order valence-electron chi connectivity index (χ3n) is 2.93. The van der Waals surface area contributed by atoms with Gasteiger partial charge in [-0.15, -0.1) is 0 Å². The van der Waals surface area contributed by atoms with E-state index in [1.807, 2.05) is 24.3 Å². The zero-order valence-corrected chi connectivity index (χ0v) is 10.3. The molecule has 2 nitrogen and oxygen atoms in total. The van der Waals surface area contributed by atoms with Gasteiger partial charge in [0, 0.05) is 6.20 Å². The minimum absolute atomic E-state index is 0.599. The van der Waals surface area contributed by atoms with E-state index in [1.165, 1.54) is 5.56 Å². The Morgan fingerprint density at radius 3 is 2.47 bits per heavy atom. The fourth-order valence-corrected chi connectivity index (χ4v) is 1.64. The fraction of sp³-hybridized carbons (Fsp3) is 0.267. The topological polar surface area (TPSA) is 22.1 Å². The summed E-state index contributed by atoms with van der Waals surface area (Å²) in [5.74, 6) is 2.22. The summed E-state index contributed by atoms with van der Waals surface area (Å²) in [5.41, 5.74) is 1.35. The number of pyridine rings is 1. The van der Waals surface area contributed by atoms with Crippen LogP contribution in [0.2, 0.25) is 0 Å². The van der Waals surface area contributed by atoms with Crippen molar-refractivity contribution in [1.29, 1.82) is 0 Å². The Hall–Kier alpha value is -1.83. The molecule has 2 aromatic rings. The molecule has 0 saturated carbocycles. The van der Waals surface area contributed by atoms with Gasteiger partial charge in [-0.25, -0.2) is 0 Å². The second-order valence-corrected chi connectivity index (χ2v) is 4.17. The van der Waals surface area contributed by atoms with Gasteiger partial charge in [0.1, 0.15) is 11.5 Å². The predicted octanol–water partition coefficient (Wildman–Crippen LogP) is 4.39. The van der Waals surface area contributed by atoms with Gasteiger partial charge in [0.2, 0.25) is 0 Å². The summed E-state index contributed by atoms with van der Waals surface area (Å²) in [6.45, 7) is 4.43. The van der Waals surface area contributed by atoms with E-state index in [9.17, 15) is 0 Å². The summed E-state index contributed by atoms with van der Waals surface area (Å²) in [5, 5.41) is 0. The molecule has 0 aliphatic rings. The molecular formula is C15H17NO. The summed E-state index contributed by atoms with van der Waals surface area (Å²) in [6.07, 6.45) is 4.60. The van der Waals surface area contributed by atoms with E-state index in [0.29, 0.717) is 5.92 Å². The highest BCUT2D eigenvalue weighted by Crippen LogP contribution is 2.24. The number of rotatable bonds is 4. The number of aromatic nitrogens is 1. The van der Waals surface area contributed by atoms with E-state index in [-0.39, 0.29) is 0 Å². The average Bonchev–Trinajstić information content (AvgIpc) is 2.40. The minimum atomic E-state index is 0.599. The van der Waals surface area contributed by atoms with E-state index in [0.717, 1.165) is 17.9 Å². The summed E-state index contributed by atoms with van der Waals surface area (Å²) in [4.78, 5) is 4.01. The van der Waals surface area contributed by atoms with Gasteiger partial charge < -0.3 is 4.74 Å². The molecule has 2 rings (SSSR count). The van der Waals surface area contributed by atoms with Crippen LogP contribution in [-0.4, -0.2) is 4.98 Å². The smallest absolute Gasteiger partial charge is 0.145 e. The van der Waals surface area contributed by atoms with Gasteiger partial charge in [0.15, 0.2) is 0 Å². The average molecular weight is 227 g/mol.